The third-order valence-corrected chi connectivity index (χ3v) is 5.82. The molecule has 0 aromatic heterocycles. The van der Waals surface area contributed by atoms with Gasteiger partial charge in [0.15, 0.2) is 11.5 Å². The number of carbonyl (C=O) groups is 3. The Kier molecular flexibility index (Phi) is 8.08. The van der Waals surface area contributed by atoms with Crippen LogP contribution in [0.1, 0.15) is 38.3 Å². The van der Waals surface area contributed by atoms with Crippen molar-refractivity contribution in [2.45, 2.75) is 33.7 Å². The number of hydrogen-bond acceptors (Lipinski definition) is 6. The summed E-state index contributed by atoms with van der Waals surface area (Å²) in [5, 5.41) is 4.05. The van der Waals surface area contributed by atoms with Crippen LogP contribution in [0.2, 0.25) is 0 Å². The van der Waals surface area contributed by atoms with Crippen LogP contribution < -0.4 is 19.5 Å². The molecular formula is C29H30N2O6. The zero-order valence-electron chi connectivity index (χ0n) is 21.2. The van der Waals surface area contributed by atoms with Gasteiger partial charge in [-0.2, -0.15) is 0 Å². The summed E-state index contributed by atoms with van der Waals surface area (Å²) in [4.78, 5) is 39.9. The van der Waals surface area contributed by atoms with E-state index < -0.39 is 17.8 Å². The Hall–Kier alpha value is -4.33. The molecule has 0 bridgehead atoms. The van der Waals surface area contributed by atoms with Gasteiger partial charge in [0.1, 0.15) is 11.3 Å². The van der Waals surface area contributed by atoms with Gasteiger partial charge in [0.25, 0.3) is 11.8 Å². The third kappa shape index (κ3) is 5.58. The molecule has 37 heavy (non-hydrogen) atoms. The number of carbonyl (C=O) groups excluding carboxylic acids is 3. The second-order valence-electron chi connectivity index (χ2n) is 8.40. The van der Waals surface area contributed by atoms with E-state index in [0.29, 0.717) is 48.2 Å². The predicted molar refractivity (Wildman–Crippen MR) is 141 cm³/mol. The maximum atomic E-state index is 13.5. The molecule has 0 aliphatic carbocycles. The average Bonchev–Trinajstić information content (AvgIpc) is 2.89. The Morgan fingerprint density at radius 1 is 0.838 bits per heavy atom. The SMILES string of the molecule is CCCOc1ccc(CN2C(=O)NC(=O)/C(=C\c3c(OCC)ccc4ccccc34)C2=O)cc1OCC. The van der Waals surface area contributed by atoms with Crippen molar-refractivity contribution in [2.75, 3.05) is 19.8 Å². The van der Waals surface area contributed by atoms with Crippen molar-refractivity contribution >= 4 is 34.7 Å². The van der Waals surface area contributed by atoms with Crippen LogP contribution in [0.25, 0.3) is 16.8 Å². The zero-order valence-corrected chi connectivity index (χ0v) is 21.2. The second-order valence-corrected chi connectivity index (χ2v) is 8.40. The minimum Gasteiger partial charge on any atom is -0.493 e. The van der Waals surface area contributed by atoms with Gasteiger partial charge in [-0.25, -0.2) is 4.79 Å². The molecule has 1 aliphatic heterocycles. The topological polar surface area (TPSA) is 94.2 Å². The van der Waals surface area contributed by atoms with Crippen LogP contribution in [-0.4, -0.2) is 42.6 Å². The van der Waals surface area contributed by atoms with Gasteiger partial charge in [0.2, 0.25) is 0 Å². The summed E-state index contributed by atoms with van der Waals surface area (Å²) >= 11 is 0. The van der Waals surface area contributed by atoms with E-state index >= 15 is 0 Å². The summed E-state index contributed by atoms with van der Waals surface area (Å²) in [7, 11) is 0. The molecular weight excluding hydrogens is 472 g/mol. The Labute approximate surface area is 215 Å². The molecule has 1 aliphatic rings. The van der Waals surface area contributed by atoms with Crippen molar-refractivity contribution in [3.63, 3.8) is 0 Å². The first-order chi connectivity index (χ1) is 18.0. The molecule has 1 fully saturated rings. The Morgan fingerprint density at radius 2 is 1.57 bits per heavy atom. The lowest BCUT2D eigenvalue weighted by molar-refractivity contribution is -0.130. The Balaban J connectivity index is 1.69. The first-order valence-corrected chi connectivity index (χ1v) is 12.4. The maximum absolute atomic E-state index is 13.5. The number of rotatable bonds is 10. The number of imide groups is 2. The molecule has 0 spiro atoms. The lowest BCUT2D eigenvalue weighted by Crippen LogP contribution is -2.53. The summed E-state index contributed by atoms with van der Waals surface area (Å²) in [6, 6.07) is 15.8. The summed E-state index contributed by atoms with van der Waals surface area (Å²) in [5.74, 6) is 0.231. The Bertz CT molecular complexity index is 1360. The second kappa shape index (κ2) is 11.6. The van der Waals surface area contributed by atoms with Gasteiger partial charge in [0, 0.05) is 5.56 Å². The van der Waals surface area contributed by atoms with E-state index in [-0.39, 0.29) is 12.1 Å². The summed E-state index contributed by atoms with van der Waals surface area (Å²) in [6.07, 6.45) is 2.35. The first-order valence-electron chi connectivity index (χ1n) is 12.4. The van der Waals surface area contributed by atoms with Crippen LogP contribution in [-0.2, 0) is 16.1 Å². The minimum absolute atomic E-state index is 0.0444. The molecule has 4 amide bonds. The number of amides is 4. The Morgan fingerprint density at radius 3 is 2.32 bits per heavy atom. The molecule has 8 nitrogen and oxygen atoms in total. The van der Waals surface area contributed by atoms with Crippen LogP contribution in [0.5, 0.6) is 17.2 Å². The largest absolute Gasteiger partial charge is 0.493 e. The number of benzene rings is 3. The molecule has 192 valence electrons. The zero-order chi connectivity index (χ0) is 26.4. The highest BCUT2D eigenvalue weighted by Crippen LogP contribution is 2.32. The number of ether oxygens (including phenoxy) is 3. The van der Waals surface area contributed by atoms with Crippen LogP contribution in [0.3, 0.4) is 0 Å². The van der Waals surface area contributed by atoms with E-state index in [1.54, 1.807) is 18.2 Å². The number of fused-ring (bicyclic) bond motifs is 1. The van der Waals surface area contributed by atoms with Gasteiger partial charge in [-0.05, 0) is 60.9 Å². The highest BCUT2D eigenvalue weighted by molar-refractivity contribution is 6.31. The molecule has 1 saturated heterocycles. The van der Waals surface area contributed by atoms with E-state index in [1.165, 1.54) is 6.08 Å². The number of urea groups is 1. The highest BCUT2D eigenvalue weighted by atomic mass is 16.5. The van der Waals surface area contributed by atoms with Gasteiger partial charge < -0.3 is 14.2 Å². The van der Waals surface area contributed by atoms with Crippen LogP contribution in [0, 0.1) is 0 Å². The maximum Gasteiger partial charge on any atom is 0.331 e. The number of nitrogens with one attached hydrogen (secondary N) is 1. The van der Waals surface area contributed by atoms with Gasteiger partial charge >= 0.3 is 6.03 Å². The smallest absolute Gasteiger partial charge is 0.331 e. The van der Waals surface area contributed by atoms with Crippen LogP contribution in [0.15, 0.2) is 60.2 Å². The lowest BCUT2D eigenvalue weighted by Gasteiger charge is -2.27. The van der Waals surface area contributed by atoms with Gasteiger partial charge in [0.05, 0.1) is 26.4 Å². The number of hydrogen-bond donors (Lipinski definition) is 1. The fraction of sp³-hybridized carbons (Fsp3) is 0.276. The van der Waals surface area contributed by atoms with Crippen LogP contribution in [0.4, 0.5) is 4.79 Å². The fourth-order valence-electron chi connectivity index (χ4n) is 4.12. The average molecular weight is 503 g/mol. The van der Waals surface area contributed by atoms with Gasteiger partial charge in [-0.15, -0.1) is 0 Å². The fourth-order valence-corrected chi connectivity index (χ4v) is 4.12. The normalized spacial score (nSPS) is 14.7. The quantitative estimate of drug-likeness (QED) is 0.307. The molecule has 1 N–H and O–H groups in total. The summed E-state index contributed by atoms with van der Waals surface area (Å²) in [6.45, 7) is 7.09. The summed E-state index contributed by atoms with van der Waals surface area (Å²) < 4.78 is 17.2. The molecule has 4 rings (SSSR count). The van der Waals surface area contributed by atoms with E-state index in [1.807, 2.05) is 57.2 Å². The van der Waals surface area contributed by atoms with Crippen molar-refractivity contribution in [1.29, 1.82) is 0 Å². The van der Waals surface area contributed by atoms with Crippen molar-refractivity contribution in [3.8, 4) is 17.2 Å². The monoisotopic (exact) mass is 502 g/mol. The molecule has 8 heteroatoms. The number of barbiturate groups is 1. The van der Waals surface area contributed by atoms with E-state index in [0.717, 1.165) is 22.1 Å². The lowest BCUT2D eigenvalue weighted by atomic mass is 9.99. The molecule has 0 unspecified atom stereocenters. The van der Waals surface area contributed by atoms with Crippen molar-refractivity contribution in [3.05, 3.63) is 71.3 Å². The molecule has 0 radical (unpaired) electrons. The highest BCUT2D eigenvalue weighted by Gasteiger charge is 2.36. The molecule has 1 heterocycles. The minimum atomic E-state index is -0.778. The van der Waals surface area contributed by atoms with Crippen molar-refractivity contribution < 1.29 is 28.6 Å². The summed E-state index contributed by atoms with van der Waals surface area (Å²) in [5.41, 5.74) is 1.11. The van der Waals surface area contributed by atoms with Crippen molar-refractivity contribution in [1.82, 2.24) is 10.2 Å². The standard InChI is InChI=1S/C29H30N2O6/c1-4-15-37-25-13-11-19(16-26(25)36-6-3)18-31-28(33)23(27(32)30-29(31)34)17-22-21-10-8-7-9-20(21)12-14-24(22)35-5-2/h7-14,16-17H,4-6,15,18H2,1-3H3,(H,30,32,34)/b23-17+. The van der Waals surface area contributed by atoms with E-state index in [2.05, 4.69) is 5.32 Å². The molecule has 3 aromatic rings. The first kappa shape index (κ1) is 25.8. The third-order valence-electron chi connectivity index (χ3n) is 5.82. The molecule has 3 aromatic carbocycles. The van der Waals surface area contributed by atoms with Crippen LogP contribution >= 0.6 is 0 Å². The van der Waals surface area contributed by atoms with Crippen molar-refractivity contribution in [2.24, 2.45) is 0 Å². The number of nitrogens with zero attached hydrogens (tertiary/aromatic N) is 1. The van der Waals surface area contributed by atoms with Gasteiger partial charge in [-0.1, -0.05) is 43.3 Å². The van der Waals surface area contributed by atoms with Gasteiger partial charge in [-0.3, -0.25) is 19.8 Å². The van der Waals surface area contributed by atoms with E-state index in [9.17, 15) is 14.4 Å². The molecule has 0 saturated carbocycles. The molecule has 0 atom stereocenters. The van der Waals surface area contributed by atoms with E-state index in [4.69, 9.17) is 14.2 Å². The predicted octanol–water partition coefficient (Wildman–Crippen LogP) is 5.09.